The van der Waals surface area contributed by atoms with Crippen LogP contribution in [-0.2, 0) is 17.4 Å². The molecule has 1 atom stereocenters. The normalized spacial score (nSPS) is 19.7. The number of para-hydroxylation sites is 2. The van der Waals surface area contributed by atoms with Crippen molar-refractivity contribution in [2.24, 2.45) is 11.8 Å². The second-order valence-corrected chi connectivity index (χ2v) is 13.4. The van der Waals surface area contributed by atoms with E-state index in [1.54, 1.807) is 14.4 Å². The largest absolute Gasteiger partial charge is 0.418 e. The predicted octanol–water partition coefficient (Wildman–Crippen LogP) is 4.78. The molecule has 4 heterocycles. The first kappa shape index (κ1) is 33.2. The molecule has 0 spiro atoms. The lowest BCUT2D eigenvalue weighted by atomic mass is 9.79. The van der Waals surface area contributed by atoms with Crippen LogP contribution in [0.2, 0.25) is 5.02 Å². The molecule has 0 unspecified atom stereocenters. The van der Waals surface area contributed by atoms with Gasteiger partial charge in [0.2, 0.25) is 5.91 Å². The highest BCUT2D eigenvalue weighted by Crippen LogP contribution is 2.38. The highest BCUT2D eigenvalue weighted by atomic mass is 35.5. The molecule has 47 heavy (non-hydrogen) atoms. The number of fused-ring (bicyclic) bond motifs is 1. The Morgan fingerprint density at radius 1 is 0.957 bits per heavy atom. The number of carbonyl (C=O) groups excluding carboxylic acids is 2. The number of amides is 3. The summed E-state index contributed by atoms with van der Waals surface area (Å²) in [5, 5.41) is 5.98. The zero-order valence-corrected chi connectivity index (χ0v) is 26.9. The van der Waals surface area contributed by atoms with E-state index in [-0.39, 0.29) is 34.6 Å². The number of piperidine rings is 3. The van der Waals surface area contributed by atoms with Crippen molar-refractivity contribution >= 4 is 40.3 Å². The van der Waals surface area contributed by atoms with Gasteiger partial charge in [-0.2, -0.15) is 13.2 Å². The number of hydrogen-bond acceptors (Lipinski definition) is 5. The van der Waals surface area contributed by atoms with Crippen molar-refractivity contribution in [1.29, 1.82) is 0 Å². The number of nitrogens with zero attached hydrogens (tertiary/aromatic N) is 3. The highest BCUT2D eigenvalue weighted by Gasteiger charge is 2.37. The number of aromatic nitrogens is 2. The molecule has 0 aliphatic carbocycles. The van der Waals surface area contributed by atoms with Crippen LogP contribution in [0.4, 0.5) is 23.7 Å². The van der Waals surface area contributed by atoms with Crippen LogP contribution in [-0.4, -0.2) is 76.6 Å². The van der Waals surface area contributed by atoms with E-state index in [1.165, 1.54) is 6.07 Å². The Labute approximate surface area is 275 Å². The van der Waals surface area contributed by atoms with Gasteiger partial charge in [0.1, 0.15) is 6.04 Å². The number of anilines is 1. The van der Waals surface area contributed by atoms with Crippen molar-refractivity contribution < 1.29 is 22.8 Å². The quantitative estimate of drug-likeness (QED) is 0.280. The van der Waals surface area contributed by atoms with Crippen LogP contribution in [0.3, 0.4) is 0 Å². The lowest BCUT2D eigenvalue weighted by Crippen LogP contribution is -2.55. The first-order valence-corrected chi connectivity index (χ1v) is 16.8. The van der Waals surface area contributed by atoms with E-state index in [4.69, 9.17) is 17.3 Å². The van der Waals surface area contributed by atoms with Gasteiger partial charge >= 0.3 is 17.9 Å². The van der Waals surface area contributed by atoms with Crippen LogP contribution in [0.15, 0.2) is 41.2 Å². The number of rotatable bonds is 6. The summed E-state index contributed by atoms with van der Waals surface area (Å²) in [5.41, 5.74) is 5.49. The number of nitrogens with one attached hydrogen (secondary N) is 3. The Bertz CT molecular complexity index is 1650. The zero-order chi connectivity index (χ0) is 33.3. The second-order valence-electron chi connectivity index (χ2n) is 13.0. The minimum absolute atomic E-state index is 0.112. The molecule has 14 heteroatoms. The second kappa shape index (κ2) is 13.8. The number of aromatic amines is 1. The van der Waals surface area contributed by atoms with Gasteiger partial charge in [0.05, 0.1) is 27.3 Å². The molecule has 3 amide bonds. The first-order chi connectivity index (χ1) is 22.5. The molecule has 3 saturated heterocycles. The Balaban J connectivity index is 1.16. The van der Waals surface area contributed by atoms with Gasteiger partial charge < -0.3 is 31.2 Å². The SMILES string of the molecule is Nc1c(Cl)cc(C[C@@H](NC(=O)N2CCC(n3c(=O)[nH]c4ccccc43)CC2)C(=O)N2CCC(C3CCNCC3)CC2)cc1C(F)(F)F. The predicted molar refractivity (Wildman–Crippen MR) is 174 cm³/mol. The van der Waals surface area contributed by atoms with Crippen LogP contribution in [0, 0.1) is 11.8 Å². The number of carbonyl (C=O) groups is 2. The molecule has 0 saturated carbocycles. The number of urea groups is 1. The van der Waals surface area contributed by atoms with Crippen molar-refractivity contribution in [2.75, 3.05) is 45.0 Å². The number of likely N-dealkylation sites (tertiary alicyclic amines) is 2. The fraction of sp³-hybridized carbons (Fsp3) is 0.545. The molecule has 6 rings (SSSR count). The van der Waals surface area contributed by atoms with Gasteiger partial charge in [-0.25, -0.2) is 9.59 Å². The van der Waals surface area contributed by atoms with Gasteiger partial charge in [0.15, 0.2) is 0 Å². The van der Waals surface area contributed by atoms with E-state index in [1.807, 2.05) is 24.3 Å². The summed E-state index contributed by atoms with van der Waals surface area (Å²) in [5.74, 6) is 0.805. The van der Waals surface area contributed by atoms with Gasteiger partial charge in [0.25, 0.3) is 0 Å². The molecular formula is C33H41ClF3N7O3. The third-order valence-electron chi connectivity index (χ3n) is 10.2. The number of alkyl halides is 3. The van der Waals surface area contributed by atoms with Gasteiger partial charge in [-0.3, -0.25) is 9.36 Å². The van der Waals surface area contributed by atoms with E-state index in [0.717, 1.165) is 55.9 Å². The molecule has 1 aromatic heterocycles. The minimum Gasteiger partial charge on any atom is -0.397 e. The number of benzene rings is 2. The third kappa shape index (κ3) is 7.25. The lowest BCUT2D eigenvalue weighted by molar-refractivity contribution is -0.137. The average Bonchev–Trinajstić information content (AvgIpc) is 3.41. The molecule has 5 N–H and O–H groups in total. The van der Waals surface area contributed by atoms with E-state index in [2.05, 4.69) is 15.6 Å². The summed E-state index contributed by atoms with van der Waals surface area (Å²) in [6.45, 7) is 3.74. The van der Waals surface area contributed by atoms with Crippen LogP contribution >= 0.6 is 11.6 Å². The van der Waals surface area contributed by atoms with Crippen molar-refractivity contribution in [3.05, 3.63) is 63.0 Å². The fourth-order valence-electron chi connectivity index (χ4n) is 7.59. The molecule has 3 aliphatic heterocycles. The number of imidazole rings is 1. The Kier molecular flexibility index (Phi) is 9.75. The maximum absolute atomic E-state index is 14.0. The van der Waals surface area contributed by atoms with E-state index < -0.39 is 29.5 Å². The standard InChI is InChI=1S/C33H41ClF3N7O3/c34-25-18-20(17-24(29(25)38)33(35,36)37)19-27(30(45)42-13-7-22(8-14-42)21-5-11-39-12-6-21)41-31(46)43-15-9-23(10-16-43)44-28-4-2-1-3-26(28)40-32(44)47/h1-4,17-18,21-23,27,39H,5-16,19,38H2,(H,40,47)(H,41,46)/t27-/m1/s1. The Morgan fingerprint density at radius 3 is 2.28 bits per heavy atom. The van der Waals surface area contributed by atoms with Crippen LogP contribution in [0.25, 0.3) is 11.0 Å². The number of nitrogen functional groups attached to an aromatic ring is 1. The molecule has 3 aliphatic rings. The molecule has 3 fully saturated rings. The zero-order valence-electron chi connectivity index (χ0n) is 26.1. The van der Waals surface area contributed by atoms with Gasteiger partial charge in [-0.1, -0.05) is 23.7 Å². The first-order valence-electron chi connectivity index (χ1n) is 16.4. The molecule has 254 valence electrons. The van der Waals surface area contributed by atoms with E-state index in [9.17, 15) is 27.6 Å². The van der Waals surface area contributed by atoms with Crippen molar-refractivity contribution in [1.82, 2.24) is 30.0 Å². The molecular weight excluding hydrogens is 635 g/mol. The maximum atomic E-state index is 14.0. The van der Waals surface area contributed by atoms with Crippen LogP contribution < -0.4 is 22.1 Å². The summed E-state index contributed by atoms with van der Waals surface area (Å²) in [7, 11) is 0. The topological polar surface area (TPSA) is 128 Å². The van der Waals surface area contributed by atoms with E-state index in [0.29, 0.717) is 50.9 Å². The summed E-state index contributed by atoms with van der Waals surface area (Å²) in [4.78, 5) is 46.5. The number of H-pyrrole nitrogens is 1. The van der Waals surface area contributed by atoms with Crippen LogP contribution in [0.1, 0.15) is 55.7 Å². The smallest absolute Gasteiger partial charge is 0.397 e. The molecule has 3 aromatic rings. The van der Waals surface area contributed by atoms with Gasteiger partial charge in [0, 0.05) is 38.6 Å². The van der Waals surface area contributed by atoms with Crippen molar-refractivity contribution in [3.63, 3.8) is 0 Å². The fourth-order valence-corrected chi connectivity index (χ4v) is 7.84. The number of nitrogens with two attached hydrogens (primary N) is 1. The molecule has 0 radical (unpaired) electrons. The van der Waals surface area contributed by atoms with Gasteiger partial charge in [-0.05, 0) is 93.3 Å². The molecule has 0 bridgehead atoms. The van der Waals surface area contributed by atoms with Crippen molar-refractivity contribution in [2.45, 2.75) is 63.2 Å². The number of hydrogen-bond donors (Lipinski definition) is 4. The monoisotopic (exact) mass is 675 g/mol. The highest BCUT2D eigenvalue weighted by molar-refractivity contribution is 6.33. The number of halogens is 4. The third-order valence-corrected chi connectivity index (χ3v) is 10.5. The lowest BCUT2D eigenvalue weighted by Gasteiger charge is -2.39. The summed E-state index contributed by atoms with van der Waals surface area (Å²) in [6.07, 6.45) is 0.0718. The Morgan fingerprint density at radius 2 is 1.60 bits per heavy atom. The van der Waals surface area contributed by atoms with Crippen LogP contribution in [0.5, 0.6) is 0 Å². The van der Waals surface area contributed by atoms with E-state index >= 15 is 0 Å². The summed E-state index contributed by atoms with van der Waals surface area (Å²) < 4.78 is 43.0. The molecule has 2 aromatic carbocycles. The van der Waals surface area contributed by atoms with Crippen molar-refractivity contribution in [3.8, 4) is 0 Å². The summed E-state index contributed by atoms with van der Waals surface area (Å²) >= 11 is 6.11. The summed E-state index contributed by atoms with van der Waals surface area (Å²) in [6, 6.07) is 7.98. The van der Waals surface area contributed by atoms with Gasteiger partial charge in [-0.15, -0.1) is 0 Å². The molecule has 10 nitrogen and oxygen atoms in total. The maximum Gasteiger partial charge on any atom is 0.418 e. The minimum atomic E-state index is -4.74. The average molecular weight is 676 g/mol. The Hall–Kier alpha value is -3.71.